The average Bonchev–Trinajstić information content (AvgIpc) is 2.90. The first-order valence-corrected chi connectivity index (χ1v) is 13.5. The predicted octanol–water partition coefficient (Wildman–Crippen LogP) is 7.65. The zero-order valence-corrected chi connectivity index (χ0v) is 23.2. The van der Waals surface area contributed by atoms with Crippen molar-refractivity contribution in [1.29, 1.82) is 0 Å². The van der Waals surface area contributed by atoms with E-state index in [4.69, 9.17) is 9.15 Å². The lowest BCUT2D eigenvalue weighted by molar-refractivity contribution is -0.137. The summed E-state index contributed by atoms with van der Waals surface area (Å²) in [6.45, 7) is 7.64. The molecule has 39 heavy (non-hydrogen) atoms. The number of phenolic OH excluding ortho intramolecular Hbond substituents is 1. The highest BCUT2D eigenvalue weighted by molar-refractivity contribution is 9.10. The number of alkyl halides is 3. The van der Waals surface area contributed by atoms with E-state index in [1.54, 1.807) is 6.07 Å². The number of aromatic hydroxyl groups is 1. The molecule has 5 nitrogen and oxygen atoms in total. The van der Waals surface area contributed by atoms with Crippen LogP contribution in [0.5, 0.6) is 11.5 Å². The quantitative estimate of drug-likeness (QED) is 0.189. The molecule has 0 radical (unpaired) electrons. The van der Waals surface area contributed by atoms with Gasteiger partial charge in [-0.25, -0.2) is 4.79 Å². The van der Waals surface area contributed by atoms with Gasteiger partial charge in [-0.1, -0.05) is 38.1 Å². The van der Waals surface area contributed by atoms with Crippen LogP contribution in [0.25, 0.3) is 22.1 Å². The van der Waals surface area contributed by atoms with Gasteiger partial charge < -0.3 is 19.2 Å². The molecule has 9 heteroatoms. The van der Waals surface area contributed by atoms with Crippen molar-refractivity contribution in [1.82, 2.24) is 4.90 Å². The van der Waals surface area contributed by atoms with E-state index < -0.39 is 17.4 Å². The Bertz CT molecular complexity index is 1480. The van der Waals surface area contributed by atoms with Gasteiger partial charge in [0.25, 0.3) is 0 Å². The van der Waals surface area contributed by atoms with Gasteiger partial charge in [0, 0.05) is 18.0 Å². The van der Waals surface area contributed by atoms with E-state index in [2.05, 4.69) is 34.7 Å². The van der Waals surface area contributed by atoms with Crippen LogP contribution < -0.4 is 10.4 Å². The lowest BCUT2D eigenvalue weighted by Gasteiger charge is -2.19. The third-order valence-corrected chi connectivity index (χ3v) is 7.19. The molecule has 0 aliphatic carbocycles. The smallest absolute Gasteiger partial charge is 0.416 e. The number of likely N-dealkylation sites (N-methyl/N-ethyl adjacent to an activating group) is 1. The molecule has 0 saturated carbocycles. The Kier molecular flexibility index (Phi) is 9.02. The van der Waals surface area contributed by atoms with E-state index in [1.165, 1.54) is 18.2 Å². The lowest BCUT2D eigenvalue weighted by atomic mass is 9.93. The lowest BCUT2D eigenvalue weighted by Crippen LogP contribution is -2.28. The van der Waals surface area contributed by atoms with Gasteiger partial charge in [0.05, 0.1) is 15.6 Å². The number of nitrogens with zero attached hydrogens (tertiary/aromatic N) is 1. The molecule has 0 aliphatic rings. The molecule has 0 amide bonds. The number of hydrogen-bond donors (Lipinski definition) is 1. The third kappa shape index (κ3) is 6.83. The molecule has 4 aromatic rings. The van der Waals surface area contributed by atoms with Crippen LogP contribution in [0.3, 0.4) is 0 Å². The fourth-order valence-corrected chi connectivity index (χ4v) is 4.86. The minimum Gasteiger partial charge on any atom is -0.507 e. The Balaban J connectivity index is 1.68. The summed E-state index contributed by atoms with van der Waals surface area (Å²) in [6, 6.07) is 14.9. The van der Waals surface area contributed by atoms with Crippen LogP contribution in [-0.2, 0) is 12.6 Å². The molecule has 0 bridgehead atoms. The Hall–Kier alpha value is -3.30. The zero-order valence-electron chi connectivity index (χ0n) is 21.6. The van der Waals surface area contributed by atoms with E-state index in [0.717, 1.165) is 49.5 Å². The number of rotatable bonds is 10. The van der Waals surface area contributed by atoms with Gasteiger partial charge in [-0.2, -0.15) is 13.2 Å². The maximum absolute atomic E-state index is 13.1. The van der Waals surface area contributed by atoms with Gasteiger partial charge in [-0.05, 0) is 88.9 Å². The van der Waals surface area contributed by atoms with Gasteiger partial charge in [-0.3, -0.25) is 0 Å². The summed E-state index contributed by atoms with van der Waals surface area (Å²) >= 11 is 3.31. The van der Waals surface area contributed by atoms with E-state index in [9.17, 15) is 23.1 Å². The first-order chi connectivity index (χ1) is 18.6. The maximum atomic E-state index is 13.1. The van der Waals surface area contributed by atoms with E-state index in [0.29, 0.717) is 34.0 Å². The van der Waals surface area contributed by atoms with Gasteiger partial charge in [0.1, 0.15) is 23.7 Å². The van der Waals surface area contributed by atoms with Crippen LogP contribution >= 0.6 is 15.9 Å². The summed E-state index contributed by atoms with van der Waals surface area (Å²) in [6.07, 6.45) is -3.11. The van der Waals surface area contributed by atoms with Crippen molar-refractivity contribution in [3.05, 3.63) is 92.2 Å². The largest absolute Gasteiger partial charge is 0.507 e. The summed E-state index contributed by atoms with van der Waals surface area (Å²) < 4.78 is 51.2. The second kappa shape index (κ2) is 12.3. The van der Waals surface area contributed by atoms with Crippen LogP contribution in [0.4, 0.5) is 13.2 Å². The van der Waals surface area contributed by atoms with E-state index in [-0.39, 0.29) is 16.9 Å². The van der Waals surface area contributed by atoms with Gasteiger partial charge in [-0.15, -0.1) is 0 Å². The highest BCUT2D eigenvalue weighted by Gasteiger charge is 2.30. The van der Waals surface area contributed by atoms with Crippen LogP contribution in [0.1, 0.15) is 37.0 Å². The molecule has 1 heterocycles. The molecule has 0 atom stereocenters. The van der Waals surface area contributed by atoms with E-state index in [1.807, 2.05) is 24.3 Å². The SMILES string of the molecule is CCCN(CC)CCOc1ccc(Cc2c(-c3ccc(C(F)(F)F)cc3)c(=O)oc3cc(O)c(Br)cc23)cc1. The standard InChI is InChI=1S/C30H29BrF3NO4/c1-3-13-35(4-2)14-15-38-22-11-5-19(6-12-22)16-24-23-17-25(31)26(36)18-27(23)39-29(37)28(24)20-7-9-21(10-8-20)30(32,33)34/h5-12,17-18,36H,3-4,13-16H2,1-2H3. The highest BCUT2D eigenvalue weighted by Crippen LogP contribution is 2.36. The molecular weight excluding hydrogens is 575 g/mol. The Labute approximate surface area is 233 Å². The van der Waals surface area contributed by atoms with Crippen molar-refractivity contribution >= 4 is 26.9 Å². The molecule has 206 valence electrons. The molecule has 0 fully saturated rings. The maximum Gasteiger partial charge on any atom is 0.416 e. The second-order valence-corrected chi connectivity index (χ2v) is 10.1. The predicted molar refractivity (Wildman–Crippen MR) is 149 cm³/mol. The fourth-order valence-electron chi connectivity index (χ4n) is 4.52. The van der Waals surface area contributed by atoms with Crippen LogP contribution in [-0.4, -0.2) is 36.2 Å². The molecule has 1 aromatic heterocycles. The third-order valence-electron chi connectivity index (χ3n) is 6.55. The minimum atomic E-state index is -4.49. The first kappa shape index (κ1) is 28.7. The van der Waals surface area contributed by atoms with Crippen molar-refractivity contribution in [3.63, 3.8) is 0 Å². The molecule has 3 aromatic carbocycles. The van der Waals surface area contributed by atoms with Gasteiger partial charge in [0.2, 0.25) is 0 Å². The summed E-state index contributed by atoms with van der Waals surface area (Å²) in [5.74, 6) is 0.625. The number of halogens is 4. The minimum absolute atomic E-state index is 0.0963. The summed E-state index contributed by atoms with van der Waals surface area (Å²) in [5, 5.41) is 10.7. The number of hydrogen-bond acceptors (Lipinski definition) is 5. The molecular formula is C30H29BrF3NO4. The topological polar surface area (TPSA) is 62.9 Å². The molecule has 0 aliphatic heterocycles. The van der Waals surface area contributed by atoms with Gasteiger partial charge in [0.15, 0.2) is 0 Å². The second-order valence-electron chi connectivity index (χ2n) is 9.22. The number of benzene rings is 3. The number of ether oxygens (including phenoxy) is 1. The van der Waals surface area contributed by atoms with Gasteiger partial charge >= 0.3 is 11.8 Å². The van der Waals surface area contributed by atoms with Crippen LogP contribution in [0.15, 0.2) is 74.3 Å². The highest BCUT2D eigenvalue weighted by atomic mass is 79.9. The van der Waals surface area contributed by atoms with E-state index >= 15 is 0 Å². The normalized spacial score (nSPS) is 11.9. The van der Waals surface area contributed by atoms with Crippen molar-refractivity contribution in [3.8, 4) is 22.6 Å². The summed E-state index contributed by atoms with van der Waals surface area (Å²) in [4.78, 5) is 15.4. The Morgan fingerprint density at radius 2 is 1.69 bits per heavy atom. The first-order valence-electron chi connectivity index (χ1n) is 12.7. The molecule has 0 saturated heterocycles. The van der Waals surface area contributed by atoms with Crippen molar-refractivity contribution in [2.24, 2.45) is 0 Å². The summed E-state index contributed by atoms with van der Waals surface area (Å²) in [7, 11) is 0. The fraction of sp³-hybridized carbons (Fsp3) is 0.300. The molecule has 0 unspecified atom stereocenters. The monoisotopic (exact) mass is 603 g/mol. The number of phenols is 1. The van der Waals surface area contributed by atoms with Crippen molar-refractivity contribution < 1.29 is 27.4 Å². The Morgan fingerprint density at radius 3 is 2.31 bits per heavy atom. The van der Waals surface area contributed by atoms with Crippen molar-refractivity contribution in [2.75, 3.05) is 26.2 Å². The van der Waals surface area contributed by atoms with Crippen molar-refractivity contribution in [2.45, 2.75) is 32.9 Å². The number of fused-ring (bicyclic) bond motifs is 1. The Morgan fingerprint density at radius 1 is 1.00 bits per heavy atom. The summed E-state index contributed by atoms with van der Waals surface area (Å²) in [5.41, 5.74) is 0.597. The molecule has 4 rings (SSSR count). The molecule has 1 N–H and O–H groups in total. The van der Waals surface area contributed by atoms with Crippen LogP contribution in [0.2, 0.25) is 0 Å². The van der Waals surface area contributed by atoms with Crippen LogP contribution in [0, 0.1) is 0 Å². The average molecular weight is 604 g/mol. The molecule has 0 spiro atoms. The zero-order chi connectivity index (χ0) is 28.2.